The number of hydrogen-bond donors (Lipinski definition) is 2. The zero-order chi connectivity index (χ0) is 16.6. The van der Waals surface area contributed by atoms with Gasteiger partial charge in [-0.15, -0.1) is 0 Å². The van der Waals surface area contributed by atoms with Gasteiger partial charge >= 0.3 is 5.97 Å². The van der Waals surface area contributed by atoms with Crippen LogP contribution in [0.25, 0.3) is 0 Å². The maximum atomic E-state index is 12.2. The lowest BCUT2D eigenvalue weighted by Gasteiger charge is -2.37. The number of hydrogen-bond acceptors (Lipinski definition) is 4. The van der Waals surface area contributed by atoms with Crippen LogP contribution in [-0.4, -0.2) is 48.4 Å². The molecule has 0 heterocycles. The van der Waals surface area contributed by atoms with Crippen LogP contribution in [0.1, 0.15) is 52.9 Å². The van der Waals surface area contributed by atoms with Crippen molar-refractivity contribution in [1.82, 2.24) is 5.32 Å². The highest BCUT2D eigenvalue weighted by molar-refractivity contribution is 5.89. The first kappa shape index (κ1) is 18.9. The van der Waals surface area contributed by atoms with Crippen molar-refractivity contribution in [1.29, 1.82) is 0 Å². The first-order chi connectivity index (χ1) is 10.4. The lowest BCUT2D eigenvalue weighted by molar-refractivity contribution is -0.152. The molecule has 0 radical (unpaired) electrons. The predicted octanol–water partition coefficient (Wildman–Crippen LogP) is 1.97. The standard InChI is InChI=1S/C16H29NO5/c1-4-13-6-8-16(9-7-13,15(19)20)17-14(18)12(3)22-11-10-21-5-2/h12-13H,4-11H2,1-3H3,(H,17,18)(H,19,20). The Morgan fingerprint density at radius 3 is 2.41 bits per heavy atom. The summed E-state index contributed by atoms with van der Waals surface area (Å²) >= 11 is 0. The molecule has 1 saturated carbocycles. The van der Waals surface area contributed by atoms with Gasteiger partial charge in [-0.1, -0.05) is 13.3 Å². The molecule has 1 unspecified atom stereocenters. The van der Waals surface area contributed by atoms with Gasteiger partial charge in [0.2, 0.25) is 5.91 Å². The maximum absolute atomic E-state index is 12.2. The number of ether oxygens (including phenoxy) is 2. The summed E-state index contributed by atoms with van der Waals surface area (Å²) in [7, 11) is 0. The highest BCUT2D eigenvalue weighted by atomic mass is 16.5. The molecule has 6 nitrogen and oxygen atoms in total. The molecule has 1 aliphatic rings. The molecule has 0 aromatic rings. The topological polar surface area (TPSA) is 84.9 Å². The number of carbonyl (C=O) groups is 2. The van der Waals surface area contributed by atoms with Crippen LogP contribution in [0.2, 0.25) is 0 Å². The van der Waals surface area contributed by atoms with Gasteiger partial charge in [0.1, 0.15) is 11.6 Å². The van der Waals surface area contributed by atoms with Gasteiger partial charge in [0.15, 0.2) is 0 Å². The Balaban J connectivity index is 2.52. The van der Waals surface area contributed by atoms with Crippen LogP contribution in [0.3, 0.4) is 0 Å². The largest absolute Gasteiger partial charge is 0.480 e. The molecule has 0 spiro atoms. The number of carbonyl (C=O) groups excluding carboxylic acids is 1. The summed E-state index contributed by atoms with van der Waals surface area (Å²) < 4.78 is 10.5. The highest BCUT2D eigenvalue weighted by Crippen LogP contribution is 2.34. The first-order valence-corrected chi connectivity index (χ1v) is 8.20. The molecule has 0 aromatic carbocycles. The van der Waals surface area contributed by atoms with E-state index in [1.165, 1.54) is 0 Å². The fourth-order valence-corrected chi connectivity index (χ4v) is 2.81. The first-order valence-electron chi connectivity index (χ1n) is 8.20. The molecular formula is C16H29NO5. The quantitative estimate of drug-likeness (QED) is 0.635. The molecule has 0 aliphatic heterocycles. The van der Waals surface area contributed by atoms with Gasteiger partial charge in [0, 0.05) is 6.61 Å². The Morgan fingerprint density at radius 2 is 1.91 bits per heavy atom. The van der Waals surface area contributed by atoms with E-state index in [2.05, 4.69) is 12.2 Å². The Hall–Kier alpha value is -1.14. The van der Waals surface area contributed by atoms with Crippen LogP contribution in [0.4, 0.5) is 0 Å². The minimum absolute atomic E-state index is 0.320. The molecule has 1 fully saturated rings. The lowest BCUT2D eigenvalue weighted by atomic mass is 9.75. The second-order valence-electron chi connectivity index (χ2n) is 5.94. The molecule has 6 heteroatoms. The molecule has 1 rings (SSSR count). The minimum atomic E-state index is -1.14. The van der Waals surface area contributed by atoms with E-state index in [0.717, 1.165) is 19.3 Å². The van der Waals surface area contributed by atoms with E-state index in [-0.39, 0.29) is 5.91 Å². The van der Waals surface area contributed by atoms with E-state index < -0.39 is 17.6 Å². The monoisotopic (exact) mass is 315 g/mol. The van der Waals surface area contributed by atoms with Crippen LogP contribution >= 0.6 is 0 Å². The van der Waals surface area contributed by atoms with E-state index in [1.54, 1.807) is 6.92 Å². The highest BCUT2D eigenvalue weighted by Gasteiger charge is 2.43. The van der Waals surface area contributed by atoms with Gasteiger partial charge in [-0.25, -0.2) is 4.79 Å². The van der Waals surface area contributed by atoms with Crippen LogP contribution in [0, 0.1) is 5.92 Å². The normalized spacial score (nSPS) is 26.4. The molecule has 1 atom stereocenters. The third-order valence-corrected chi connectivity index (χ3v) is 4.48. The van der Waals surface area contributed by atoms with E-state index >= 15 is 0 Å². The fourth-order valence-electron chi connectivity index (χ4n) is 2.81. The Kier molecular flexibility index (Phi) is 7.82. The van der Waals surface area contributed by atoms with Gasteiger partial charge in [-0.3, -0.25) is 4.79 Å². The summed E-state index contributed by atoms with van der Waals surface area (Å²) in [6, 6.07) is 0. The molecule has 0 bridgehead atoms. The van der Waals surface area contributed by atoms with Gasteiger partial charge in [-0.05, 0) is 45.4 Å². The Labute approximate surface area is 132 Å². The zero-order valence-corrected chi connectivity index (χ0v) is 13.9. The van der Waals surface area contributed by atoms with Crippen molar-refractivity contribution in [3.05, 3.63) is 0 Å². The molecule has 0 saturated heterocycles. The lowest BCUT2D eigenvalue weighted by Crippen LogP contribution is -2.58. The number of carboxylic acids is 1. The number of rotatable bonds is 9. The van der Waals surface area contributed by atoms with Gasteiger partial charge in [0.25, 0.3) is 0 Å². The smallest absolute Gasteiger partial charge is 0.329 e. The van der Waals surface area contributed by atoms with E-state index in [1.807, 2.05) is 6.92 Å². The average Bonchev–Trinajstić information content (AvgIpc) is 2.51. The van der Waals surface area contributed by atoms with Crippen molar-refractivity contribution in [2.75, 3.05) is 19.8 Å². The van der Waals surface area contributed by atoms with Crippen molar-refractivity contribution in [2.24, 2.45) is 5.92 Å². The van der Waals surface area contributed by atoms with E-state index in [4.69, 9.17) is 9.47 Å². The number of carboxylic acid groups (broad SMARTS) is 1. The number of aliphatic carboxylic acids is 1. The molecule has 22 heavy (non-hydrogen) atoms. The summed E-state index contributed by atoms with van der Waals surface area (Å²) in [4.78, 5) is 23.8. The molecule has 1 aliphatic carbocycles. The third kappa shape index (κ3) is 5.25. The summed E-state index contributed by atoms with van der Waals surface area (Å²) in [6.07, 6.45) is 3.02. The summed E-state index contributed by atoms with van der Waals surface area (Å²) in [6.45, 7) is 6.99. The average molecular weight is 315 g/mol. The molecule has 128 valence electrons. The second-order valence-corrected chi connectivity index (χ2v) is 5.94. The van der Waals surface area contributed by atoms with Crippen LogP contribution < -0.4 is 5.32 Å². The summed E-state index contributed by atoms with van der Waals surface area (Å²) in [5.74, 6) is -0.755. The maximum Gasteiger partial charge on any atom is 0.329 e. The molecule has 1 amide bonds. The molecule has 2 N–H and O–H groups in total. The van der Waals surface area contributed by atoms with Gasteiger partial charge < -0.3 is 19.9 Å². The van der Waals surface area contributed by atoms with Crippen molar-refractivity contribution in [3.8, 4) is 0 Å². The van der Waals surface area contributed by atoms with Crippen LogP contribution in [0.5, 0.6) is 0 Å². The second kappa shape index (κ2) is 9.10. The van der Waals surface area contributed by atoms with Crippen molar-refractivity contribution >= 4 is 11.9 Å². The van der Waals surface area contributed by atoms with Crippen molar-refractivity contribution in [2.45, 2.75) is 64.5 Å². The van der Waals surface area contributed by atoms with Gasteiger partial charge in [-0.2, -0.15) is 0 Å². The fraction of sp³-hybridized carbons (Fsp3) is 0.875. The van der Waals surface area contributed by atoms with Crippen LogP contribution in [0.15, 0.2) is 0 Å². The van der Waals surface area contributed by atoms with E-state index in [9.17, 15) is 14.7 Å². The third-order valence-electron chi connectivity index (χ3n) is 4.48. The van der Waals surface area contributed by atoms with Gasteiger partial charge in [0.05, 0.1) is 13.2 Å². The van der Waals surface area contributed by atoms with Crippen molar-refractivity contribution in [3.63, 3.8) is 0 Å². The minimum Gasteiger partial charge on any atom is -0.480 e. The number of nitrogens with one attached hydrogen (secondary N) is 1. The SMILES string of the molecule is CCOCCOC(C)C(=O)NC1(C(=O)O)CCC(CC)CC1. The zero-order valence-electron chi connectivity index (χ0n) is 13.9. The number of amides is 1. The Morgan fingerprint density at radius 1 is 1.27 bits per heavy atom. The molecule has 0 aromatic heterocycles. The van der Waals surface area contributed by atoms with Crippen LogP contribution in [-0.2, 0) is 19.1 Å². The van der Waals surface area contributed by atoms with Crippen molar-refractivity contribution < 1.29 is 24.2 Å². The van der Waals surface area contributed by atoms with E-state index in [0.29, 0.717) is 38.6 Å². The summed E-state index contributed by atoms with van der Waals surface area (Å²) in [5, 5.41) is 12.3. The summed E-state index contributed by atoms with van der Waals surface area (Å²) in [5.41, 5.74) is -1.14. The Bertz CT molecular complexity index is 364. The predicted molar refractivity (Wildman–Crippen MR) is 82.7 cm³/mol. The molecular weight excluding hydrogens is 286 g/mol.